The molecule has 0 saturated heterocycles. The minimum atomic E-state index is -0.826. The Balaban J connectivity index is 0.000000155. The number of benzene rings is 4. The minimum Gasteiger partial charge on any atom is -0.445 e. The van der Waals surface area contributed by atoms with Crippen molar-refractivity contribution < 1.29 is 29.7 Å². The van der Waals surface area contributed by atoms with Crippen LogP contribution in [0.15, 0.2) is 155 Å². The number of fused-ring (bicyclic) bond motifs is 2. The van der Waals surface area contributed by atoms with Gasteiger partial charge in [0.25, 0.3) is 0 Å². The summed E-state index contributed by atoms with van der Waals surface area (Å²) in [6, 6.07) is 42.0. The van der Waals surface area contributed by atoms with Crippen molar-refractivity contribution in [1.29, 1.82) is 0 Å². The quantitative estimate of drug-likeness (QED) is 0.133. The van der Waals surface area contributed by atoms with Crippen LogP contribution in [-0.4, -0.2) is 19.5 Å². The molecule has 0 saturated carbocycles. The van der Waals surface area contributed by atoms with Crippen LogP contribution in [0.2, 0.25) is 13.1 Å². The van der Waals surface area contributed by atoms with E-state index < -0.39 is 20.8 Å². The van der Waals surface area contributed by atoms with Gasteiger partial charge in [-0.25, -0.2) is 9.97 Å². The second-order valence-electron chi connectivity index (χ2n) is 10.1. The topological polar surface area (TPSA) is 52.1 Å². The Morgan fingerprint density at radius 3 is 1.33 bits per heavy atom. The van der Waals surface area contributed by atoms with E-state index in [0.717, 1.165) is 20.6 Å². The van der Waals surface area contributed by atoms with Gasteiger partial charge in [-0.2, -0.15) is 0 Å². The van der Waals surface area contributed by atoms with Crippen LogP contribution in [0.25, 0.3) is 66.7 Å². The van der Waals surface area contributed by atoms with Crippen LogP contribution in [0.1, 0.15) is 0 Å². The summed E-state index contributed by atoms with van der Waals surface area (Å²) in [7, 11) is 11.0. The fourth-order valence-electron chi connectivity index (χ4n) is 5.15. The van der Waals surface area contributed by atoms with Crippen molar-refractivity contribution in [2.45, 2.75) is 13.1 Å². The van der Waals surface area contributed by atoms with Crippen molar-refractivity contribution in [1.82, 2.24) is 9.97 Å². The average molecular weight is 737 g/mol. The third kappa shape index (κ3) is 8.31. The Kier molecular flexibility index (Phi) is 12.6. The fourth-order valence-corrected chi connectivity index (χ4v) is 5.15. The van der Waals surface area contributed by atoms with Crippen molar-refractivity contribution in [3.63, 3.8) is 0 Å². The number of halogens is 2. The van der Waals surface area contributed by atoms with Gasteiger partial charge < -0.3 is 8.83 Å². The summed E-state index contributed by atoms with van der Waals surface area (Å²) in [5.74, 6) is 1.33. The molecule has 8 aromatic rings. The molecule has 0 aliphatic rings. The van der Waals surface area contributed by atoms with Crippen molar-refractivity contribution in [3.05, 3.63) is 146 Å². The van der Waals surface area contributed by atoms with Gasteiger partial charge in [-0.1, -0.05) is 109 Å². The first-order valence-corrected chi connectivity index (χ1v) is 22.8. The van der Waals surface area contributed by atoms with Gasteiger partial charge in [0.1, 0.15) is 12.5 Å². The van der Waals surface area contributed by atoms with Crippen LogP contribution in [0.5, 0.6) is 0 Å². The van der Waals surface area contributed by atoms with Crippen LogP contribution < -0.4 is 0 Å². The molecule has 46 heavy (non-hydrogen) atoms. The first-order valence-electron chi connectivity index (χ1n) is 14.5. The third-order valence-corrected chi connectivity index (χ3v) is 7.04. The van der Waals surface area contributed by atoms with E-state index in [1.54, 1.807) is 24.9 Å². The van der Waals surface area contributed by atoms with E-state index in [1.807, 2.05) is 36.4 Å². The standard InChI is InChI=1S/2C18H12NO.C2H6Si.2ClH.Zr/c2*1-2-5-13(6-3-1)15-11-14-7-4-8-16(17(14)12-15)18-19-9-10-20-18;1-3-2;;;/h2*1-12H;1-2H3;2*1H;/q2*-1;;;;+4/p-2. The Labute approximate surface area is 290 Å². The minimum absolute atomic E-state index is 0.667. The molecule has 0 unspecified atom stereocenters. The van der Waals surface area contributed by atoms with Gasteiger partial charge in [-0.05, 0) is 0 Å². The summed E-state index contributed by atoms with van der Waals surface area (Å²) in [6.07, 6.45) is 6.56. The zero-order valence-electron chi connectivity index (χ0n) is 25.3. The van der Waals surface area contributed by atoms with Crippen LogP contribution in [0.4, 0.5) is 0 Å². The van der Waals surface area contributed by atoms with Gasteiger partial charge in [0, 0.05) is 20.6 Å². The van der Waals surface area contributed by atoms with Gasteiger partial charge in [0.2, 0.25) is 11.8 Å². The SMILES string of the molecule is C[Si]C.[Cl][Zr+2][Cl].c1ccc(-c2cc3c(-c4ncco4)cccc3[cH-]2)cc1.c1ccc(-c2cc3c(-c4ncco4)cccc3[cH-]2)cc1. The van der Waals surface area contributed by atoms with Gasteiger partial charge in [0.15, 0.2) is 0 Å². The van der Waals surface area contributed by atoms with E-state index in [4.69, 9.17) is 25.9 Å². The number of oxazole rings is 2. The molecular weight excluding hydrogens is 707 g/mol. The van der Waals surface area contributed by atoms with Crippen LogP contribution >= 0.6 is 17.0 Å². The van der Waals surface area contributed by atoms with E-state index in [2.05, 4.69) is 108 Å². The predicted molar refractivity (Wildman–Crippen MR) is 190 cm³/mol. The summed E-state index contributed by atoms with van der Waals surface area (Å²) in [4.78, 5) is 8.50. The summed E-state index contributed by atoms with van der Waals surface area (Å²) < 4.78 is 10.9. The molecule has 0 aliphatic carbocycles. The maximum absolute atomic E-state index is 5.43. The molecule has 0 aliphatic heterocycles. The molecule has 4 nitrogen and oxygen atoms in total. The van der Waals surface area contributed by atoms with Crippen molar-refractivity contribution in [3.8, 4) is 45.2 Å². The van der Waals surface area contributed by atoms with Gasteiger partial charge in [-0.15, -0.1) is 69.1 Å². The van der Waals surface area contributed by atoms with E-state index in [9.17, 15) is 0 Å². The summed E-state index contributed by atoms with van der Waals surface area (Å²) in [5, 5.41) is 4.77. The van der Waals surface area contributed by atoms with Gasteiger partial charge >= 0.3 is 37.9 Å². The fraction of sp³-hybridized carbons (Fsp3) is 0.0526. The maximum Gasteiger partial charge on any atom is 0.218 e. The molecule has 8 heteroatoms. The second kappa shape index (κ2) is 17.2. The molecule has 6 aromatic carbocycles. The molecule has 226 valence electrons. The first-order chi connectivity index (χ1) is 22.7. The second-order valence-corrected chi connectivity index (χ2v) is 14.8. The molecule has 0 fully saturated rings. The van der Waals surface area contributed by atoms with Crippen molar-refractivity contribution >= 4 is 48.1 Å². The molecule has 0 atom stereocenters. The van der Waals surface area contributed by atoms with E-state index in [1.165, 1.54) is 43.8 Å². The number of hydrogen-bond donors (Lipinski definition) is 0. The molecule has 2 heterocycles. The third-order valence-electron chi connectivity index (χ3n) is 7.04. The molecule has 0 N–H and O–H groups in total. The number of aromatic nitrogens is 2. The van der Waals surface area contributed by atoms with Crippen molar-refractivity contribution in [2.75, 3.05) is 0 Å². The Bertz CT molecular complexity index is 1890. The van der Waals surface area contributed by atoms with E-state index in [-0.39, 0.29) is 0 Å². The molecule has 2 aromatic heterocycles. The monoisotopic (exact) mass is 734 g/mol. The largest absolute Gasteiger partial charge is 0.445 e. The number of hydrogen-bond acceptors (Lipinski definition) is 4. The molecule has 0 bridgehead atoms. The Hall–Kier alpha value is -3.80. The zero-order chi connectivity index (χ0) is 32.1. The molecular formula is C38H30Cl2N2O2SiZr. The predicted octanol–water partition coefficient (Wildman–Crippen LogP) is 11.9. The van der Waals surface area contributed by atoms with Crippen molar-refractivity contribution in [2.24, 2.45) is 0 Å². The Morgan fingerprint density at radius 1 is 0.587 bits per heavy atom. The Morgan fingerprint density at radius 2 is 0.978 bits per heavy atom. The smallest absolute Gasteiger partial charge is 0.218 e. The van der Waals surface area contributed by atoms with Gasteiger partial charge in [-0.3, -0.25) is 0 Å². The first kappa shape index (κ1) is 33.6. The summed E-state index contributed by atoms with van der Waals surface area (Å²) in [5.41, 5.74) is 6.97. The van der Waals surface area contributed by atoms with Crippen LogP contribution in [-0.2, 0) is 20.8 Å². The molecule has 2 radical (unpaired) electrons. The summed E-state index contributed by atoms with van der Waals surface area (Å²) in [6.45, 7) is 4.31. The average Bonchev–Trinajstić information content (AvgIpc) is 3.93. The molecule has 0 amide bonds. The molecule has 0 spiro atoms. The van der Waals surface area contributed by atoms with Crippen LogP contribution in [0, 0.1) is 0 Å². The molecule has 8 rings (SSSR count). The van der Waals surface area contributed by atoms with E-state index in [0.29, 0.717) is 11.8 Å². The number of nitrogens with zero attached hydrogens (tertiary/aromatic N) is 2. The van der Waals surface area contributed by atoms with Crippen LogP contribution in [0.3, 0.4) is 0 Å². The maximum atomic E-state index is 5.43. The zero-order valence-corrected chi connectivity index (χ0v) is 30.3. The van der Waals surface area contributed by atoms with E-state index >= 15 is 0 Å². The number of rotatable bonds is 4. The van der Waals surface area contributed by atoms with Gasteiger partial charge in [0.05, 0.1) is 12.4 Å². The normalized spacial score (nSPS) is 10.2. The summed E-state index contributed by atoms with van der Waals surface area (Å²) >= 11 is -0.826.